The molecule has 0 radical (unpaired) electrons. The molecule has 1 N–H and O–H groups in total. The van der Waals surface area contributed by atoms with Crippen LogP contribution in [-0.4, -0.2) is 44.3 Å². The molecule has 0 bridgehead atoms. The molecule has 1 heterocycles. The number of esters is 1. The Hall–Kier alpha value is -2.08. The Morgan fingerprint density at radius 2 is 2.09 bits per heavy atom. The van der Waals surface area contributed by atoms with Crippen molar-refractivity contribution in [2.75, 3.05) is 30.5 Å². The van der Waals surface area contributed by atoms with Crippen LogP contribution in [-0.2, 0) is 19.1 Å². The van der Waals surface area contributed by atoms with E-state index in [0.717, 1.165) is 5.69 Å². The average Bonchev–Trinajstić information content (AvgIpc) is 2.53. The molecule has 1 aromatic carbocycles. The monoisotopic (exact) mass is 306 g/mol. The van der Waals surface area contributed by atoms with Crippen molar-refractivity contribution in [1.29, 1.82) is 0 Å². The highest BCUT2D eigenvalue weighted by Gasteiger charge is 2.37. The fourth-order valence-corrected chi connectivity index (χ4v) is 2.47. The van der Waals surface area contributed by atoms with Crippen molar-refractivity contribution < 1.29 is 19.1 Å². The third kappa shape index (κ3) is 3.22. The largest absolute Gasteiger partial charge is 0.462 e. The minimum atomic E-state index is -0.679. The number of ether oxygens (including phenoxy) is 2. The quantitative estimate of drug-likeness (QED) is 0.641. The molecule has 2 rings (SSSR count). The van der Waals surface area contributed by atoms with Gasteiger partial charge in [-0.05, 0) is 25.5 Å². The third-order valence-electron chi connectivity index (χ3n) is 3.70. The van der Waals surface area contributed by atoms with Gasteiger partial charge < -0.3 is 14.8 Å². The number of para-hydroxylation sites is 2. The smallest absolute Gasteiger partial charge is 0.329 e. The maximum atomic E-state index is 12.6. The van der Waals surface area contributed by atoms with Crippen LogP contribution in [0.4, 0.5) is 11.4 Å². The first kappa shape index (κ1) is 16.3. The number of nitrogens with one attached hydrogen (secondary N) is 1. The Kier molecular flexibility index (Phi) is 5.38. The van der Waals surface area contributed by atoms with Crippen LogP contribution in [0.5, 0.6) is 0 Å². The summed E-state index contributed by atoms with van der Waals surface area (Å²) in [5, 5.41) is 3.21. The van der Waals surface area contributed by atoms with Gasteiger partial charge in [0.15, 0.2) is 0 Å². The van der Waals surface area contributed by atoms with Gasteiger partial charge in [-0.3, -0.25) is 9.69 Å². The van der Waals surface area contributed by atoms with Crippen molar-refractivity contribution in [3.63, 3.8) is 0 Å². The summed E-state index contributed by atoms with van der Waals surface area (Å²) in [6.45, 7) is 4.13. The van der Waals surface area contributed by atoms with E-state index in [1.54, 1.807) is 14.0 Å². The van der Waals surface area contributed by atoms with Gasteiger partial charge in [-0.1, -0.05) is 19.1 Å². The lowest BCUT2D eigenvalue weighted by Gasteiger charge is -2.37. The maximum absolute atomic E-state index is 12.6. The summed E-state index contributed by atoms with van der Waals surface area (Å²) in [5.74, 6) is -0.547. The summed E-state index contributed by atoms with van der Waals surface area (Å²) in [6.07, 6.45) is 0.648. The Labute approximate surface area is 130 Å². The topological polar surface area (TPSA) is 67.9 Å². The van der Waals surface area contributed by atoms with Crippen LogP contribution in [0.3, 0.4) is 0 Å². The predicted octanol–water partition coefficient (Wildman–Crippen LogP) is 1.80. The van der Waals surface area contributed by atoms with E-state index in [2.05, 4.69) is 5.32 Å². The molecule has 6 heteroatoms. The zero-order valence-electron chi connectivity index (χ0n) is 13.2. The van der Waals surface area contributed by atoms with Crippen molar-refractivity contribution >= 4 is 23.3 Å². The number of methoxy groups -OCH3 is 1. The number of fused-ring (bicyclic) bond motifs is 1. The summed E-state index contributed by atoms with van der Waals surface area (Å²) in [4.78, 5) is 26.3. The van der Waals surface area contributed by atoms with Crippen LogP contribution in [0.2, 0.25) is 0 Å². The zero-order chi connectivity index (χ0) is 16.1. The minimum absolute atomic E-state index is 0.114. The van der Waals surface area contributed by atoms with Gasteiger partial charge in [0.1, 0.15) is 18.7 Å². The molecule has 2 unspecified atom stereocenters. The zero-order valence-corrected chi connectivity index (χ0v) is 13.2. The third-order valence-corrected chi connectivity index (χ3v) is 3.70. The molecule has 0 aliphatic carbocycles. The van der Waals surface area contributed by atoms with E-state index in [1.165, 1.54) is 4.90 Å². The number of carbonyl (C=O) groups excluding carboxylic acids is 2. The second kappa shape index (κ2) is 7.26. The van der Waals surface area contributed by atoms with Crippen LogP contribution in [0.15, 0.2) is 24.3 Å². The first-order valence-electron chi connectivity index (χ1n) is 7.44. The summed E-state index contributed by atoms with van der Waals surface area (Å²) in [7, 11) is 1.54. The summed E-state index contributed by atoms with van der Waals surface area (Å²) >= 11 is 0. The number of hydrogen-bond donors (Lipinski definition) is 1. The highest BCUT2D eigenvalue weighted by Crippen LogP contribution is 2.33. The van der Waals surface area contributed by atoms with Crippen molar-refractivity contribution in [3.8, 4) is 0 Å². The number of nitrogens with zero attached hydrogens (tertiary/aromatic N) is 1. The SMILES string of the molecule is CCC1Nc2ccccc2N(C(C)C(=O)OCCOC)C1=O. The van der Waals surface area contributed by atoms with Crippen molar-refractivity contribution in [2.45, 2.75) is 32.4 Å². The lowest BCUT2D eigenvalue weighted by molar-refractivity contribution is -0.147. The molecule has 2 atom stereocenters. The molecular formula is C16H22N2O4. The van der Waals surface area contributed by atoms with Gasteiger partial charge in [-0.15, -0.1) is 0 Å². The van der Waals surface area contributed by atoms with Gasteiger partial charge in [-0.25, -0.2) is 4.79 Å². The Balaban J connectivity index is 2.23. The van der Waals surface area contributed by atoms with Gasteiger partial charge in [-0.2, -0.15) is 0 Å². The predicted molar refractivity (Wildman–Crippen MR) is 83.9 cm³/mol. The lowest BCUT2D eigenvalue weighted by atomic mass is 10.0. The fraction of sp³-hybridized carbons (Fsp3) is 0.500. The standard InChI is InChI=1S/C16H22N2O4/c1-4-12-15(19)18(11(2)16(20)22-10-9-21-3)14-8-6-5-7-13(14)17-12/h5-8,11-12,17H,4,9-10H2,1-3H3. The van der Waals surface area contributed by atoms with Crippen molar-refractivity contribution in [1.82, 2.24) is 0 Å². The van der Waals surface area contributed by atoms with E-state index >= 15 is 0 Å². The lowest BCUT2D eigenvalue weighted by Crippen LogP contribution is -2.53. The molecule has 1 aromatic rings. The highest BCUT2D eigenvalue weighted by atomic mass is 16.6. The molecule has 0 fully saturated rings. The summed E-state index contributed by atoms with van der Waals surface area (Å²) in [6, 6.07) is 6.46. The molecule has 1 amide bonds. The Morgan fingerprint density at radius 3 is 2.77 bits per heavy atom. The van der Waals surface area contributed by atoms with E-state index in [-0.39, 0.29) is 18.6 Å². The molecule has 6 nitrogen and oxygen atoms in total. The number of rotatable bonds is 6. The molecule has 1 aliphatic heterocycles. The van der Waals surface area contributed by atoms with Gasteiger partial charge >= 0.3 is 5.97 Å². The molecular weight excluding hydrogens is 284 g/mol. The van der Waals surface area contributed by atoms with E-state index in [1.807, 2.05) is 31.2 Å². The maximum Gasteiger partial charge on any atom is 0.329 e. The van der Waals surface area contributed by atoms with Crippen LogP contribution in [0, 0.1) is 0 Å². The Bertz CT molecular complexity index is 547. The van der Waals surface area contributed by atoms with Crippen LogP contribution in [0.1, 0.15) is 20.3 Å². The molecule has 0 aromatic heterocycles. The minimum Gasteiger partial charge on any atom is -0.462 e. The number of amides is 1. The van der Waals surface area contributed by atoms with E-state index in [0.29, 0.717) is 18.7 Å². The molecule has 0 saturated heterocycles. The number of benzene rings is 1. The first-order chi connectivity index (χ1) is 10.6. The van der Waals surface area contributed by atoms with E-state index < -0.39 is 12.0 Å². The highest BCUT2D eigenvalue weighted by molar-refractivity contribution is 6.08. The number of hydrogen-bond acceptors (Lipinski definition) is 5. The fourth-order valence-electron chi connectivity index (χ4n) is 2.47. The van der Waals surface area contributed by atoms with Gasteiger partial charge in [0, 0.05) is 7.11 Å². The second-order valence-corrected chi connectivity index (χ2v) is 5.17. The molecule has 0 saturated carbocycles. The van der Waals surface area contributed by atoms with Crippen LogP contribution < -0.4 is 10.2 Å². The van der Waals surface area contributed by atoms with E-state index in [4.69, 9.17) is 9.47 Å². The van der Waals surface area contributed by atoms with E-state index in [9.17, 15) is 9.59 Å². The Morgan fingerprint density at radius 1 is 1.36 bits per heavy atom. The molecule has 22 heavy (non-hydrogen) atoms. The summed E-state index contributed by atoms with van der Waals surface area (Å²) in [5.41, 5.74) is 1.55. The van der Waals surface area contributed by atoms with Gasteiger partial charge in [0.2, 0.25) is 5.91 Å². The average molecular weight is 306 g/mol. The van der Waals surface area contributed by atoms with Gasteiger partial charge in [0.25, 0.3) is 0 Å². The van der Waals surface area contributed by atoms with Crippen molar-refractivity contribution in [3.05, 3.63) is 24.3 Å². The summed E-state index contributed by atoms with van der Waals surface area (Å²) < 4.78 is 10.0. The second-order valence-electron chi connectivity index (χ2n) is 5.17. The van der Waals surface area contributed by atoms with Crippen molar-refractivity contribution in [2.24, 2.45) is 0 Å². The normalized spacial score (nSPS) is 18.4. The molecule has 120 valence electrons. The van der Waals surface area contributed by atoms with Crippen LogP contribution in [0.25, 0.3) is 0 Å². The molecule has 0 spiro atoms. The number of carbonyl (C=O) groups is 2. The first-order valence-corrected chi connectivity index (χ1v) is 7.44. The van der Waals surface area contributed by atoms with Crippen LogP contribution >= 0.6 is 0 Å². The number of anilines is 2. The molecule has 1 aliphatic rings. The van der Waals surface area contributed by atoms with Gasteiger partial charge in [0.05, 0.1) is 18.0 Å².